The van der Waals surface area contributed by atoms with E-state index >= 15 is 0 Å². The van der Waals surface area contributed by atoms with Crippen LogP contribution in [0.1, 0.15) is 20.3 Å². The Morgan fingerprint density at radius 1 is 1.27 bits per heavy atom. The summed E-state index contributed by atoms with van der Waals surface area (Å²) < 4.78 is 3.68. The smallest absolute Gasteiger partial charge is 0.358 e. The maximum Gasteiger partial charge on any atom is 0.404 e. The highest BCUT2D eigenvalue weighted by atomic mass is 79.9. The molecule has 2 aromatic heterocycles. The molecule has 0 saturated carbocycles. The van der Waals surface area contributed by atoms with E-state index in [1.807, 2.05) is 28.8 Å². The van der Waals surface area contributed by atoms with E-state index in [1.54, 1.807) is 0 Å². The van der Waals surface area contributed by atoms with E-state index in [1.165, 1.54) is 10.9 Å². The normalized spacial score (nSPS) is 11.3. The number of amides is 1. The van der Waals surface area contributed by atoms with Crippen molar-refractivity contribution in [3.63, 3.8) is 0 Å². The Labute approximate surface area is 182 Å². The first kappa shape index (κ1) is 21.9. The maximum atomic E-state index is 12.5. The number of carbonyl (C=O) groups is 1. The summed E-state index contributed by atoms with van der Waals surface area (Å²) in [6.07, 6.45) is 1.61. The molecule has 0 bridgehead atoms. The summed E-state index contributed by atoms with van der Waals surface area (Å²) in [5.41, 5.74) is 1.78. The molecule has 0 saturated heterocycles. The molecule has 0 atom stereocenters. The van der Waals surface area contributed by atoms with Crippen molar-refractivity contribution in [3.05, 3.63) is 45.0 Å². The Morgan fingerprint density at radius 3 is 2.67 bits per heavy atom. The van der Waals surface area contributed by atoms with Crippen LogP contribution in [0, 0.1) is 10.1 Å². The molecule has 30 heavy (non-hydrogen) atoms. The van der Waals surface area contributed by atoms with Crippen LogP contribution in [-0.2, 0) is 17.9 Å². The van der Waals surface area contributed by atoms with Crippen LogP contribution in [-0.4, -0.2) is 54.7 Å². The molecule has 3 aromatic rings. The van der Waals surface area contributed by atoms with E-state index < -0.39 is 4.92 Å². The standard InChI is InChI=1S/C19H24BrN7O3/c1-3-24(4-2)11-12-26-16-8-6-5-7-15(16)21-19(26)22-17(28)9-10-25-13-14(20)18(23-25)27(29)30/h5-8,13H,3-4,9-12H2,1-2H3,(H,21,22,28). The summed E-state index contributed by atoms with van der Waals surface area (Å²) in [5, 5.41) is 17.7. The van der Waals surface area contributed by atoms with Crippen LogP contribution in [0.25, 0.3) is 11.0 Å². The number of nitro groups is 1. The van der Waals surface area contributed by atoms with Crippen molar-refractivity contribution >= 4 is 44.6 Å². The van der Waals surface area contributed by atoms with Gasteiger partial charge < -0.3 is 19.6 Å². The Kier molecular flexibility index (Phi) is 7.16. The summed E-state index contributed by atoms with van der Waals surface area (Å²) in [7, 11) is 0. The number of imidazole rings is 1. The number of nitrogens with one attached hydrogen (secondary N) is 1. The van der Waals surface area contributed by atoms with Crippen molar-refractivity contribution in [1.29, 1.82) is 0 Å². The number of anilines is 1. The van der Waals surface area contributed by atoms with Gasteiger partial charge >= 0.3 is 5.82 Å². The molecule has 1 N–H and O–H groups in total. The number of benzene rings is 1. The van der Waals surface area contributed by atoms with Gasteiger partial charge in [-0.05, 0) is 46.1 Å². The number of carbonyl (C=O) groups excluding carboxylic acids is 1. The van der Waals surface area contributed by atoms with Gasteiger partial charge in [-0.1, -0.05) is 26.0 Å². The van der Waals surface area contributed by atoms with Crippen molar-refractivity contribution in [1.82, 2.24) is 24.2 Å². The van der Waals surface area contributed by atoms with E-state index in [0.717, 1.165) is 30.7 Å². The molecule has 1 aromatic carbocycles. The fraction of sp³-hybridized carbons (Fsp3) is 0.421. The molecule has 11 heteroatoms. The van der Waals surface area contributed by atoms with Crippen LogP contribution in [0.2, 0.25) is 0 Å². The number of hydrogen-bond donors (Lipinski definition) is 1. The van der Waals surface area contributed by atoms with E-state index in [0.29, 0.717) is 12.5 Å². The zero-order valence-corrected chi connectivity index (χ0v) is 18.5. The van der Waals surface area contributed by atoms with Gasteiger partial charge in [-0.3, -0.25) is 10.1 Å². The second-order valence-corrected chi connectivity index (χ2v) is 7.58. The lowest BCUT2D eigenvalue weighted by Crippen LogP contribution is -2.27. The monoisotopic (exact) mass is 477 g/mol. The van der Waals surface area contributed by atoms with Gasteiger partial charge in [-0.25, -0.2) is 4.98 Å². The predicted molar refractivity (Wildman–Crippen MR) is 117 cm³/mol. The summed E-state index contributed by atoms with van der Waals surface area (Å²) in [4.78, 5) is 29.7. The van der Waals surface area contributed by atoms with E-state index in [9.17, 15) is 14.9 Å². The SMILES string of the molecule is CCN(CC)CCn1c(NC(=O)CCn2cc(Br)c([N+](=O)[O-])n2)nc2ccccc21. The molecule has 160 valence electrons. The molecular weight excluding hydrogens is 454 g/mol. The summed E-state index contributed by atoms with van der Waals surface area (Å²) in [6, 6.07) is 7.77. The summed E-state index contributed by atoms with van der Waals surface area (Å²) in [6.45, 7) is 7.93. The minimum atomic E-state index is -0.571. The third kappa shape index (κ3) is 5.03. The molecule has 0 radical (unpaired) electrons. The molecule has 0 aliphatic carbocycles. The van der Waals surface area contributed by atoms with Crippen LogP contribution in [0.5, 0.6) is 0 Å². The Bertz CT molecular complexity index is 1040. The third-order valence-corrected chi connectivity index (χ3v) is 5.44. The van der Waals surface area contributed by atoms with Gasteiger partial charge in [0.1, 0.15) is 4.47 Å². The number of halogens is 1. The first-order valence-corrected chi connectivity index (χ1v) is 10.6. The number of nitrogens with zero attached hydrogens (tertiary/aromatic N) is 6. The zero-order chi connectivity index (χ0) is 21.7. The molecule has 10 nitrogen and oxygen atoms in total. The Balaban J connectivity index is 1.71. The molecule has 2 heterocycles. The van der Waals surface area contributed by atoms with E-state index in [2.05, 4.69) is 50.1 Å². The van der Waals surface area contributed by atoms with Gasteiger partial charge in [0.15, 0.2) is 0 Å². The number of aryl methyl sites for hydroxylation is 1. The van der Waals surface area contributed by atoms with E-state index in [4.69, 9.17) is 0 Å². The highest BCUT2D eigenvalue weighted by Crippen LogP contribution is 2.22. The lowest BCUT2D eigenvalue weighted by molar-refractivity contribution is -0.390. The Hall–Kier alpha value is -2.79. The van der Waals surface area contributed by atoms with Crippen LogP contribution in [0.4, 0.5) is 11.8 Å². The quantitative estimate of drug-likeness (QED) is 0.354. The molecule has 3 rings (SSSR count). The van der Waals surface area contributed by atoms with Gasteiger partial charge in [-0.2, -0.15) is 4.68 Å². The van der Waals surface area contributed by atoms with Gasteiger partial charge in [0.2, 0.25) is 11.9 Å². The minimum absolute atomic E-state index is 0.116. The highest BCUT2D eigenvalue weighted by Gasteiger charge is 2.19. The van der Waals surface area contributed by atoms with E-state index in [-0.39, 0.29) is 29.2 Å². The Morgan fingerprint density at radius 2 is 2.00 bits per heavy atom. The summed E-state index contributed by atoms with van der Waals surface area (Å²) in [5.74, 6) is -0.00161. The first-order chi connectivity index (χ1) is 14.4. The number of para-hydroxylation sites is 2. The van der Waals surface area contributed by atoms with Gasteiger partial charge in [-0.15, -0.1) is 0 Å². The van der Waals surface area contributed by atoms with Crippen LogP contribution in [0.15, 0.2) is 34.9 Å². The number of rotatable bonds is 10. The predicted octanol–water partition coefficient (Wildman–Crippen LogP) is 3.27. The van der Waals surface area contributed by atoms with Crippen molar-refractivity contribution in [3.8, 4) is 0 Å². The molecular formula is C19H24BrN7O3. The first-order valence-electron chi connectivity index (χ1n) is 9.77. The van der Waals surface area contributed by atoms with Crippen molar-refractivity contribution in [2.24, 2.45) is 0 Å². The molecule has 0 unspecified atom stereocenters. The van der Waals surface area contributed by atoms with Crippen molar-refractivity contribution in [2.45, 2.75) is 33.4 Å². The lowest BCUT2D eigenvalue weighted by Gasteiger charge is -2.19. The third-order valence-electron chi connectivity index (χ3n) is 4.88. The lowest BCUT2D eigenvalue weighted by atomic mass is 10.3. The molecule has 0 fully saturated rings. The zero-order valence-electron chi connectivity index (χ0n) is 16.9. The van der Waals surface area contributed by atoms with Gasteiger partial charge in [0.25, 0.3) is 0 Å². The number of likely N-dealkylation sites (N-methyl/N-ethyl adjacent to an activating group) is 1. The summed E-state index contributed by atoms with van der Waals surface area (Å²) >= 11 is 3.11. The van der Waals surface area contributed by atoms with Gasteiger partial charge in [0, 0.05) is 19.5 Å². The van der Waals surface area contributed by atoms with Gasteiger partial charge in [0.05, 0.1) is 28.9 Å². The van der Waals surface area contributed by atoms with Crippen LogP contribution in [0.3, 0.4) is 0 Å². The van der Waals surface area contributed by atoms with Crippen molar-refractivity contribution in [2.75, 3.05) is 25.0 Å². The fourth-order valence-corrected chi connectivity index (χ4v) is 3.67. The molecule has 0 spiro atoms. The molecule has 1 amide bonds. The van der Waals surface area contributed by atoms with Crippen LogP contribution < -0.4 is 5.32 Å². The molecule has 0 aliphatic rings. The molecule has 0 aliphatic heterocycles. The number of hydrogen-bond acceptors (Lipinski definition) is 6. The largest absolute Gasteiger partial charge is 0.404 e. The average molecular weight is 478 g/mol. The highest BCUT2D eigenvalue weighted by molar-refractivity contribution is 9.10. The second-order valence-electron chi connectivity index (χ2n) is 6.72. The van der Waals surface area contributed by atoms with Crippen LogP contribution >= 0.6 is 15.9 Å². The fourth-order valence-electron chi connectivity index (χ4n) is 3.21. The average Bonchev–Trinajstić information content (AvgIpc) is 3.27. The van der Waals surface area contributed by atoms with Crippen molar-refractivity contribution < 1.29 is 9.72 Å². The second kappa shape index (κ2) is 9.81. The topological polar surface area (TPSA) is 111 Å². The number of aromatic nitrogens is 4. The number of fused-ring (bicyclic) bond motifs is 1. The minimum Gasteiger partial charge on any atom is -0.358 e. The maximum absolute atomic E-state index is 12.5.